The minimum absolute atomic E-state index is 0.00725. The lowest BCUT2D eigenvalue weighted by Gasteiger charge is -2.11. The first kappa shape index (κ1) is 19.4. The SMILES string of the molecule is Cc1cc(N=C(c2ccccc2)c2c(O)[nH]c3ccc(C(=O)N(C)C)cc23)ccn1. The number of aryl methyl sites for hydroxylation is 1. The van der Waals surface area contributed by atoms with Crippen molar-refractivity contribution in [2.75, 3.05) is 14.1 Å². The molecule has 0 atom stereocenters. The Balaban J connectivity index is 1.98. The molecule has 0 aliphatic rings. The molecule has 0 aliphatic heterocycles. The standard InChI is InChI=1S/C24H22N4O2/c1-15-13-18(11-12-25-15)26-22(16-7-5-4-6-8-16)21-19-14-17(24(30)28(2)3)9-10-20(19)27-23(21)29/h4-14,27,29H,1-3H3. The summed E-state index contributed by atoms with van der Waals surface area (Å²) in [7, 11) is 3.43. The van der Waals surface area contributed by atoms with Crippen LogP contribution in [-0.2, 0) is 0 Å². The first-order valence-corrected chi connectivity index (χ1v) is 9.57. The van der Waals surface area contributed by atoms with Crippen molar-refractivity contribution in [1.82, 2.24) is 14.9 Å². The van der Waals surface area contributed by atoms with Gasteiger partial charge in [-0.15, -0.1) is 0 Å². The van der Waals surface area contributed by atoms with E-state index < -0.39 is 0 Å². The van der Waals surface area contributed by atoms with Crippen LogP contribution in [0.25, 0.3) is 10.9 Å². The third-order valence-electron chi connectivity index (χ3n) is 4.84. The Labute approximate surface area is 174 Å². The van der Waals surface area contributed by atoms with Gasteiger partial charge in [0.05, 0.1) is 17.0 Å². The van der Waals surface area contributed by atoms with E-state index in [0.717, 1.165) is 27.8 Å². The monoisotopic (exact) mass is 398 g/mol. The van der Waals surface area contributed by atoms with Crippen LogP contribution in [0.2, 0.25) is 0 Å². The van der Waals surface area contributed by atoms with Gasteiger partial charge in [-0.1, -0.05) is 30.3 Å². The van der Waals surface area contributed by atoms with Gasteiger partial charge in [-0.05, 0) is 37.3 Å². The number of amides is 1. The van der Waals surface area contributed by atoms with E-state index in [1.54, 1.807) is 38.5 Å². The van der Waals surface area contributed by atoms with Crippen LogP contribution in [-0.4, -0.2) is 45.7 Å². The number of aliphatic imine (C=N–C) groups is 1. The quantitative estimate of drug-likeness (QED) is 0.499. The smallest absolute Gasteiger partial charge is 0.253 e. The van der Waals surface area contributed by atoms with Crippen molar-refractivity contribution >= 4 is 28.2 Å². The fourth-order valence-corrected chi connectivity index (χ4v) is 3.40. The molecule has 150 valence electrons. The predicted octanol–water partition coefficient (Wildman–Crippen LogP) is 4.45. The fraction of sp³-hybridized carbons (Fsp3) is 0.125. The summed E-state index contributed by atoms with van der Waals surface area (Å²) < 4.78 is 0. The summed E-state index contributed by atoms with van der Waals surface area (Å²) >= 11 is 0. The summed E-state index contributed by atoms with van der Waals surface area (Å²) in [5.41, 5.74) is 4.87. The highest BCUT2D eigenvalue weighted by atomic mass is 16.3. The second kappa shape index (κ2) is 7.83. The number of pyridine rings is 1. The van der Waals surface area contributed by atoms with E-state index in [-0.39, 0.29) is 11.8 Å². The maximum absolute atomic E-state index is 12.5. The van der Waals surface area contributed by atoms with E-state index in [4.69, 9.17) is 4.99 Å². The first-order valence-electron chi connectivity index (χ1n) is 9.57. The Kier molecular flexibility index (Phi) is 5.06. The van der Waals surface area contributed by atoms with Crippen molar-refractivity contribution in [2.24, 2.45) is 4.99 Å². The molecule has 4 rings (SSSR count). The highest BCUT2D eigenvalue weighted by Gasteiger charge is 2.20. The molecule has 2 aromatic carbocycles. The van der Waals surface area contributed by atoms with Gasteiger partial charge in [-0.2, -0.15) is 0 Å². The van der Waals surface area contributed by atoms with Crippen LogP contribution < -0.4 is 0 Å². The topological polar surface area (TPSA) is 81.6 Å². The van der Waals surface area contributed by atoms with Gasteiger partial charge in [0.1, 0.15) is 0 Å². The number of hydrogen-bond acceptors (Lipinski definition) is 4. The Bertz CT molecular complexity index is 1260. The number of carbonyl (C=O) groups is 1. The molecule has 2 N–H and O–H groups in total. The number of rotatable bonds is 4. The molecule has 0 saturated heterocycles. The normalized spacial score (nSPS) is 11.6. The fourth-order valence-electron chi connectivity index (χ4n) is 3.40. The number of H-pyrrole nitrogens is 1. The number of fused-ring (bicyclic) bond motifs is 1. The number of nitrogens with one attached hydrogen (secondary N) is 1. The van der Waals surface area contributed by atoms with Crippen molar-refractivity contribution in [2.45, 2.75) is 6.92 Å². The molecule has 2 aromatic heterocycles. The third kappa shape index (κ3) is 3.67. The van der Waals surface area contributed by atoms with Gasteiger partial charge in [-0.25, -0.2) is 4.99 Å². The zero-order valence-electron chi connectivity index (χ0n) is 17.0. The van der Waals surface area contributed by atoms with E-state index in [1.807, 2.05) is 49.4 Å². The van der Waals surface area contributed by atoms with E-state index in [2.05, 4.69) is 9.97 Å². The first-order chi connectivity index (χ1) is 14.4. The van der Waals surface area contributed by atoms with E-state index in [0.29, 0.717) is 16.8 Å². The minimum atomic E-state index is -0.105. The zero-order chi connectivity index (χ0) is 21.3. The van der Waals surface area contributed by atoms with Crippen molar-refractivity contribution in [1.29, 1.82) is 0 Å². The number of aromatic amines is 1. The second-order valence-electron chi connectivity index (χ2n) is 7.29. The lowest BCUT2D eigenvalue weighted by molar-refractivity contribution is 0.0828. The van der Waals surface area contributed by atoms with E-state index >= 15 is 0 Å². The third-order valence-corrected chi connectivity index (χ3v) is 4.84. The highest BCUT2D eigenvalue weighted by molar-refractivity contribution is 6.22. The van der Waals surface area contributed by atoms with Crippen LogP contribution in [0.4, 0.5) is 5.69 Å². The molecular weight excluding hydrogens is 376 g/mol. The Morgan fingerprint density at radius 3 is 2.50 bits per heavy atom. The van der Waals surface area contributed by atoms with Gasteiger partial charge < -0.3 is 15.0 Å². The van der Waals surface area contributed by atoms with Gasteiger partial charge in [0.25, 0.3) is 5.91 Å². The molecule has 0 saturated carbocycles. The summed E-state index contributed by atoms with van der Waals surface area (Å²) in [4.78, 5) is 26.1. The molecule has 0 unspecified atom stereocenters. The average Bonchev–Trinajstić information content (AvgIpc) is 3.07. The molecule has 6 heteroatoms. The van der Waals surface area contributed by atoms with Gasteiger partial charge in [-0.3, -0.25) is 9.78 Å². The maximum Gasteiger partial charge on any atom is 0.253 e. The van der Waals surface area contributed by atoms with Crippen molar-refractivity contribution in [3.63, 3.8) is 0 Å². The van der Waals surface area contributed by atoms with E-state index in [9.17, 15) is 9.90 Å². The van der Waals surface area contributed by atoms with Gasteiger partial charge >= 0.3 is 0 Å². The van der Waals surface area contributed by atoms with Gasteiger partial charge in [0.2, 0.25) is 0 Å². The molecule has 0 spiro atoms. The van der Waals surface area contributed by atoms with Crippen LogP contribution in [0.1, 0.15) is 27.2 Å². The van der Waals surface area contributed by atoms with Crippen molar-refractivity contribution < 1.29 is 9.90 Å². The Morgan fingerprint density at radius 1 is 1.03 bits per heavy atom. The van der Waals surface area contributed by atoms with Crippen LogP contribution >= 0.6 is 0 Å². The predicted molar refractivity (Wildman–Crippen MR) is 119 cm³/mol. The maximum atomic E-state index is 12.5. The highest BCUT2D eigenvalue weighted by Crippen LogP contribution is 2.32. The summed E-state index contributed by atoms with van der Waals surface area (Å²) in [5, 5.41) is 11.5. The molecule has 6 nitrogen and oxygen atoms in total. The molecular formula is C24H22N4O2. The Morgan fingerprint density at radius 2 is 1.80 bits per heavy atom. The molecule has 0 radical (unpaired) electrons. The summed E-state index contributed by atoms with van der Waals surface area (Å²) in [5.74, 6) is -0.0978. The number of aromatic nitrogens is 2. The molecule has 0 fully saturated rings. The minimum Gasteiger partial charge on any atom is -0.494 e. The van der Waals surface area contributed by atoms with Gasteiger partial charge in [0, 0.05) is 48.0 Å². The molecule has 30 heavy (non-hydrogen) atoms. The molecule has 4 aromatic rings. The zero-order valence-corrected chi connectivity index (χ0v) is 17.0. The lowest BCUT2D eigenvalue weighted by atomic mass is 9.99. The molecule has 0 bridgehead atoms. The molecule has 2 heterocycles. The Hall–Kier alpha value is -3.93. The summed E-state index contributed by atoms with van der Waals surface area (Å²) in [6, 6.07) is 18.7. The van der Waals surface area contributed by atoms with Gasteiger partial charge in [0.15, 0.2) is 5.88 Å². The van der Waals surface area contributed by atoms with Crippen LogP contribution in [0, 0.1) is 6.92 Å². The van der Waals surface area contributed by atoms with Crippen LogP contribution in [0.15, 0.2) is 71.9 Å². The molecule has 0 aliphatic carbocycles. The number of benzene rings is 2. The largest absolute Gasteiger partial charge is 0.494 e. The van der Waals surface area contributed by atoms with Crippen molar-refractivity contribution in [3.05, 3.63) is 89.2 Å². The number of nitrogens with zero attached hydrogens (tertiary/aromatic N) is 3. The number of carbonyl (C=O) groups excluding carboxylic acids is 1. The summed E-state index contributed by atoms with van der Waals surface area (Å²) in [6.07, 6.45) is 1.71. The van der Waals surface area contributed by atoms with Crippen LogP contribution in [0.5, 0.6) is 5.88 Å². The molecule has 1 amide bonds. The lowest BCUT2D eigenvalue weighted by Crippen LogP contribution is -2.21. The van der Waals surface area contributed by atoms with Crippen molar-refractivity contribution in [3.8, 4) is 5.88 Å². The van der Waals surface area contributed by atoms with E-state index in [1.165, 1.54) is 4.90 Å². The number of hydrogen-bond donors (Lipinski definition) is 2. The second-order valence-corrected chi connectivity index (χ2v) is 7.29. The van der Waals surface area contributed by atoms with Crippen LogP contribution in [0.3, 0.4) is 0 Å². The summed E-state index contributed by atoms with van der Waals surface area (Å²) in [6.45, 7) is 1.91. The average molecular weight is 398 g/mol. The number of aromatic hydroxyl groups is 1.